The van der Waals surface area contributed by atoms with Crippen LogP contribution in [-0.4, -0.2) is 67.7 Å². The number of likely N-dealkylation sites (N-methyl/N-ethyl adjacent to an activating group) is 1. The number of aromatic nitrogens is 2. The summed E-state index contributed by atoms with van der Waals surface area (Å²) in [5.41, 5.74) is 3.07. The van der Waals surface area contributed by atoms with E-state index in [1.54, 1.807) is 30.4 Å². The summed E-state index contributed by atoms with van der Waals surface area (Å²) in [7, 11) is 3.70. The van der Waals surface area contributed by atoms with Gasteiger partial charge in [-0.15, -0.1) is 0 Å². The number of carbonyl (C=O) groups is 1. The Labute approximate surface area is 227 Å². The van der Waals surface area contributed by atoms with E-state index in [9.17, 15) is 9.18 Å². The Morgan fingerprint density at radius 1 is 1.13 bits per heavy atom. The fourth-order valence-electron chi connectivity index (χ4n) is 4.79. The van der Waals surface area contributed by atoms with Gasteiger partial charge in [0.25, 0.3) is 0 Å². The van der Waals surface area contributed by atoms with Crippen molar-refractivity contribution in [3.8, 4) is 5.75 Å². The first kappa shape index (κ1) is 26.4. The number of rotatable bonds is 8. The second-order valence-corrected chi connectivity index (χ2v) is 9.45. The van der Waals surface area contributed by atoms with Gasteiger partial charge in [-0.3, -0.25) is 9.63 Å². The Hall–Kier alpha value is -4.22. The average Bonchev–Trinajstić information content (AvgIpc) is 3.44. The van der Waals surface area contributed by atoms with E-state index >= 15 is 0 Å². The van der Waals surface area contributed by atoms with E-state index in [2.05, 4.69) is 44.0 Å². The number of hydrogen-bond donors (Lipinski definition) is 2. The van der Waals surface area contributed by atoms with Crippen LogP contribution >= 0.6 is 0 Å². The predicted octanol–water partition coefficient (Wildman–Crippen LogP) is 4.13. The highest BCUT2D eigenvalue weighted by Crippen LogP contribution is 2.40. The third kappa shape index (κ3) is 5.94. The minimum Gasteiger partial charge on any atom is -0.494 e. The normalized spacial score (nSPS) is 17.7. The largest absolute Gasteiger partial charge is 0.494 e. The second kappa shape index (κ2) is 11.7. The average molecular weight is 534 g/mol. The van der Waals surface area contributed by atoms with Crippen LogP contribution in [0.15, 0.2) is 61.4 Å². The molecule has 3 aromatic rings. The lowest BCUT2D eigenvalue weighted by atomic mass is 10.0. The fourth-order valence-corrected chi connectivity index (χ4v) is 4.79. The highest BCUT2D eigenvalue weighted by Gasteiger charge is 2.29. The van der Waals surface area contributed by atoms with Crippen LogP contribution in [0.1, 0.15) is 18.0 Å². The molecule has 39 heavy (non-hydrogen) atoms. The molecule has 2 fully saturated rings. The molecule has 0 aliphatic carbocycles. The molecule has 10 nitrogen and oxygen atoms in total. The van der Waals surface area contributed by atoms with Gasteiger partial charge in [-0.25, -0.2) is 19.4 Å². The molecular weight excluding hydrogens is 501 g/mol. The summed E-state index contributed by atoms with van der Waals surface area (Å²) in [4.78, 5) is 31.5. The second-order valence-electron chi connectivity index (χ2n) is 9.45. The monoisotopic (exact) mass is 533 g/mol. The summed E-state index contributed by atoms with van der Waals surface area (Å²) >= 11 is 0. The molecule has 2 aromatic carbocycles. The minimum atomic E-state index is -0.302. The van der Waals surface area contributed by atoms with Gasteiger partial charge in [0.2, 0.25) is 5.91 Å². The number of nitrogens with zero attached hydrogens (tertiary/aromatic N) is 5. The van der Waals surface area contributed by atoms with Crippen molar-refractivity contribution in [2.24, 2.45) is 0 Å². The van der Waals surface area contributed by atoms with Gasteiger partial charge in [0, 0.05) is 44.7 Å². The van der Waals surface area contributed by atoms with Crippen molar-refractivity contribution < 1.29 is 18.8 Å². The summed E-state index contributed by atoms with van der Waals surface area (Å²) in [5.74, 6) is 1.09. The quantitative estimate of drug-likeness (QED) is 0.415. The van der Waals surface area contributed by atoms with E-state index in [-0.39, 0.29) is 17.8 Å². The molecule has 1 atom stereocenters. The molecular formula is C28H32FN7O3. The lowest BCUT2D eigenvalue weighted by Crippen LogP contribution is -2.44. The van der Waals surface area contributed by atoms with Gasteiger partial charge < -0.3 is 25.2 Å². The van der Waals surface area contributed by atoms with E-state index in [0.29, 0.717) is 35.4 Å². The van der Waals surface area contributed by atoms with Crippen molar-refractivity contribution in [1.82, 2.24) is 14.9 Å². The van der Waals surface area contributed by atoms with Crippen molar-refractivity contribution in [1.29, 1.82) is 0 Å². The number of hydroxylamine groups is 1. The third-order valence-corrected chi connectivity index (χ3v) is 6.91. The number of amides is 1. The zero-order valence-electron chi connectivity index (χ0n) is 22.1. The highest BCUT2D eigenvalue weighted by molar-refractivity contribution is 6.02. The summed E-state index contributed by atoms with van der Waals surface area (Å²) in [6.07, 6.45) is 3.44. The smallest absolute Gasteiger partial charge is 0.247 e. The van der Waals surface area contributed by atoms with E-state index < -0.39 is 0 Å². The van der Waals surface area contributed by atoms with Crippen LogP contribution in [0.25, 0.3) is 0 Å². The summed E-state index contributed by atoms with van der Waals surface area (Å²) in [6, 6.07) is 11.8. The van der Waals surface area contributed by atoms with Gasteiger partial charge in [0.05, 0.1) is 36.8 Å². The Morgan fingerprint density at radius 2 is 1.90 bits per heavy atom. The Kier molecular flexibility index (Phi) is 7.89. The number of piperazine rings is 1. The van der Waals surface area contributed by atoms with Gasteiger partial charge in [-0.2, -0.15) is 0 Å². The zero-order valence-corrected chi connectivity index (χ0v) is 22.1. The number of nitrogens with one attached hydrogen (secondary N) is 2. The van der Waals surface area contributed by atoms with Crippen molar-refractivity contribution in [2.45, 2.75) is 12.5 Å². The van der Waals surface area contributed by atoms with Gasteiger partial charge >= 0.3 is 0 Å². The third-order valence-electron chi connectivity index (χ3n) is 6.91. The number of ether oxygens (including phenoxy) is 1. The molecule has 0 spiro atoms. The topological polar surface area (TPSA) is 95.1 Å². The zero-order chi connectivity index (χ0) is 27.4. The van der Waals surface area contributed by atoms with Crippen molar-refractivity contribution in [3.05, 3.63) is 72.8 Å². The van der Waals surface area contributed by atoms with Crippen molar-refractivity contribution in [2.75, 3.05) is 67.5 Å². The summed E-state index contributed by atoms with van der Waals surface area (Å²) < 4.78 is 19.2. The van der Waals surface area contributed by atoms with Crippen LogP contribution < -0.4 is 25.3 Å². The molecule has 5 rings (SSSR count). The van der Waals surface area contributed by atoms with E-state index in [1.807, 2.05) is 12.1 Å². The predicted molar refractivity (Wildman–Crippen MR) is 149 cm³/mol. The number of benzene rings is 2. The van der Waals surface area contributed by atoms with Crippen LogP contribution in [0.4, 0.5) is 33.1 Å². The fraction of sp³-hybridized carbons (Fsp3) is 0.321. The standard InChI is InChI=1S/C28H32FN7O3/c1-4-28(37)33-21-15-22(25(38-3)16-24(21)35-12-10-34(2)11-13-35)32-26-17-27(31-18-30-26)36-23(9-14-39-36)19-5-7-20(29)8-6-19/h4-8,15-18,23H,1,9-14H2,2-3H3,(H,33,37)(H,30,31,32)/t23-/m1/s1. The maximum absolute atomic E-state index is 13.5. The van der Waals surface area contributed by atoms with Crippen molar-refractivity contribution >= 4 is 34.6 Å². The molecule has 2 N–H and O–H groups in total. The molecule has 2 saturated heterocycles. The molecule has 3 heterocycles. The van der Waals surface area contributed by atoms with Crippen LogP contribution in [0, 0.1) is 5.82 Å². The van der Waals surface area contributed by atoms with Gasteiger partial charge in [-0.05, 0) is 36.9 Å². The molecule has 1 amide bonds. The Morgan fingerprint density at radius 3 is 2.62 bits per heavy atom. The number of carbonyl (C=O) groups excluding carboxylic acids is 1. The van der Waals surface area contributed by atoms with Crippen LogP contribution in [-0.2, 0) is 9.63 Å². The molecule has 0 unspecified atom stereocenters. The first-order chi connectivity index (χ1) is 18.9. The van der Waals surface area contributed by atoms with Crippen molar-refractivity contribution in [3.63, 3.8) is 0 Å². The number of hydrogen-bond acceptors (Lipinski definition) is 9. The SMILES string of the molecule is C=CC(=O)Nc1cc(Nc2cc(N3OCC[C@@H]3c3ccc(F)cc3)ncn2)c(OC)cc1N1CCN(C)CC1. The van der Waals surface area contributed by atoms with Gasteiger partial charge in [-0.1, -0.05) is 18.7 Å². The summed E-state index contributed by atoms with van der Waals surface area (Å²) in [5, 5.41) is 7.97. The van der Waals surface area contributed by atoms with Crippen LogP contribution in [0.2, 0.25) is 0 Å². The van der Waals surface area contributed by atoms with Gasteiger partial charge in [0.15, 0.2) is 5.82 Å². The molecule has 2 aliphatic heterocycles. The van der Waals surface area contributed by atoms with E-state index in [0.717, 1.165) is 43.9 Å². The molecule has 11 heteroatoms. The molecule has 0 bridgehead atoms. The molecule has 2 aliphatic rings. The van der Waals surface area contributed by atoms with E-state index in [4.69, 9.17) is 9.57 Å². The maximum atomic E-state index is 13.5. The van der Waals surface area contributed by atoms with Gasteiger partial charge in [0.1, 0.15) is 23.7 Å². The lowest BCUT2D eigenvalue weighted by Gasteiger charge is -2.35. The number of anilines is 5. The van der Waals surface area contributed by atoms with E-state index in [1.165, 1.54) is 24.5 Å². The number of methoxy groups -OCH3 is 1. The number of halogens is 1. The molecule has 0 saturated carbocycles. The Bertz CT molecular complexity index is 1330. The highest BCUT2D eigenvalue weighted by atomic mass is 19.1. The van der Waals surface area contributed by atoms with Crippen LogP contribution in [0.3, 0.4) is 0 Å². The first-order valence-electron chi connectivity index (χ1n) is 12.8. The Balaban J connectivity index is 1.43. The maximum Gasteiger partial charge on any atom is 0.247 e. The molecule has 204 valence electrons. The lowest BCUT2D eigenvalue weighted by molar-refractivity contribution is -0.111. The molecule has 1 aromatic heterocycles. The minimum absolute atomic E-state index is 0.105. The summed E-state index contributed by atoms with van der Waals surface area (Å²) in [6.45, 7) is 7.58. The van der Waals surface area contributed by atoms with Crippen LogP contribution in [0.5, 0.6) is 5.75 Å². The molecule has 0 radical (unpaired) electrons. The first-order valence-corrected chi connectivity index (χ1v) is 12.8.